The highest BCUT2D eigenvalue weighted by Crippen LogP contribution is 2.27. The molecule has 0 aliphatic carbocycles. The van der Waals surface area contributed by atoms with Gasteiger partial charge in [-0.3, -0.25) is 14.1 Å². The minimum absolute atomic E-state index is 0.0728. The number of nitrogens with zero attached hydrogens (tertiary/aromatic N) is 4. The van der Waals surface area contributed by atoms with Crippen molar-refractivity contribution >= 4 is 32.1 Å². The summed E-state index contributed by atoms with van der Waals surface area (Å²) in [7, 11) is -1.88. The lowest BCUT2D eigenvalue weighted by Crippen LogP contribution is -2.43. The van der Waals surface area contributed by atoms with E-state index < -0.39 is 10.2 Å². The number of hydrogen-bond acceptors (Lipinski definition) is 4. The highest BCUT2D eigenvalue weighted by atomic mass is 32.2. The third-order valence-electron chi connectivity index (χ3n) is 5.96. The first-order valence-electron chi connectivity index (χ1n) is 9.40. The zero-order valence-electron chi connectivity index (χ0n) is 16.3. The van der Waals surface area contributed by atoms with Gasteiger partial charge in [-0.15, -0.1) is 0 Å². The Morgan fingerprint density at radius 1 is 1.18 bits per heavy atom. The van der Waals surface area contributed by atoms with Crippen LogP contribution in [0.3, 0.4) is 0 Å². The van der Waals surface area contributed by atoms with Gasteiger partial charge in [-0.05, 0) is 55.9 Å². The van der Waals surface area contributed by atoms with Crippen LogP contribution in [0.25, 0.3) is 21.9 Å². The van der Waals surface area contributed by atoms with Crippen molar-refractivity contribution in [3.63, 3.8) is 0 Å². The van der Waals surface area contributed by atoms with Crippen molar-refractivity contribution in [1.29, 1.82) is 0 Å². The lowest BCUT2D eigenvalue weighted by Gasteiger charge is -2.29. The first kappa shape index (κ1) is 19.1. The van der Waals surface area contributed by atoms with Crippen LogP contribution in [0.5, 0.6) is 0 Å². The number of aryl methyl sites for hydroxylation is 3. The van der Waals surface area contributed by atoms with Crippen LogP contribution in [0.2, 0.25) is 0 Å². The molecule has 0 spiro atoms. The molecule has 3 aromatic rings. The fraction of sp³-hybridized carbons (Fsp3) is 0.474. The number of aromatic nitrogens is 3. The molecule has 0 saturated carbocycles. The quantitative estimate of drug-likeness (QED) is 0.714. The molecule has 1 aliphatic heterocycles. The molecule has 2 N–H and O–H groups in total. The normalized spacial score (nSPS) is 17.0. The third-order valence-corrected chi connectivity index (χ3v) is 7.04. The summed E-state index contributed by atoms with van der Waals surface area (Å²) in [6, 6.07) is 4.15. The molecule has 1 fully saturated rings. The van der Waals surface area contributed by atoms with E-state index in [2.05, 4.69) is 31.0 Å². The van der Waals surface area contributed by atoms with Crippen LogP contribution in [0.15, 0.2) is 23.1 Å². The average Bonchev–Trinajstić information content (AvgIpc) is 2.88. The van der Waals surface area contributed by atoms with E-state index in [-0.39, 0.29) is 11.6 Å². The topological polar surface area (TPSA) is 103 Å². The van der Waals surface area contributed by atoms with Gasteiger partial charge in [0.05, 0.1) is 22.7 Å². The summed E-state index contributed by atoms with van der Waals surface area (Å²) < 4.78 is 27.8. The van der Waals surface area contributed by atoms with Crippen molar-refractivity contribution in [2.45, 2.75) is 33.2 Å². The molecular formula is C19H25N5O3S. The second kappa shape index (κ2) is 6.68. The maximum atomic E-state index is 13.0. The number of piperidine rings is 1. The van der Waals surface area contributed by atoms with E-state index in [0.29, 0.717) is 32.5 Å². The van der Waals surface area contributed by atoms with Gasteiger partial charge in [-0.25, -0.2) is 9.93 Å². The monoisotopic (exact) mass is 403 g/mol. The summed E-state index contributed by atoms with van der Waals surface area (Å²) in [5.74, 6) is 0.219. The van der Waals surface area contributed by atoms with Crippen LogP contribution in [0.1, 0.15) is 24.0 Å². The van der Waals surface area contributed by atoms with E-state index >= 15 is 0 Å². The Morgan fingerprint density at radius 2 is 1.82 bits per heavy atom. The van der Waals surface area contributed by atoms with Crippen LogP contribution < -0.4 is 10.8 Å². The molecule has 0 amide bonds. The molecule has 0 unspecified atom stereocenters. The predicted molar refractivity (Wildman–Crippen MR) is 109 cm³/mol. The van der Waals surface area contributed by atoms with E-state index in [9.17, 15) is 13.2 Å². The lowest BCUT2D eigenvalue weighted by atomic mass is 9.98. The Labute approximate surface area is 163 Å². The van der Waals surface area contributed by atoms with Crippen LogP contribution in [-0.2, 0) is 23.8 Å². The number of benzene rings is 1. The van der Waals surface area contributed by atoms with Gasteiger partial charge in [0.1, 0.15) is 0 Å². The molecule has 1 aromatic carbocycles. The van der Waals surface area contributed by atoms with Gasteiger partial charge in [0.2, 0.25) is 0 Å². The fourth-order valence-corrected chi connectivity index (χ4v) is 4.83. The minimum Gasteiger partial charge on any atom is -0.293 e. The van der Waals surface area contributed by atoms with Crippen molar-refractivity contribution in [2.24, 2.45) is 18.1 Å². The fourth-order valence-electron chi connectivity index (χ4n) is 4.11. The number of fused-ring (bicyclic) bond motifs is 3. The van der Waals surface area contributed by atoms with E-state index in [1.165, 1.54) is 9.87 Å². The van der Waals surface area contributed by atoms with Gasteiger partial charge < -0.3 is 0 Å². The Hall–Kier alpha value is -2.23. The maximum absolute atomic E-state index is 13.0. The van der Waals surface area contributed by atoms with Crippen LogP contribution in [-0.4, -0.2) is 39.9 Å². The molecule has 2 aromatic heterocycles. The lowest BCUT2D eigenvalue weighted by molar-refractivity contribution is 0.253. The van der Waals surface area contributed by atoms with E-state index in [0.717, 1.165) is 27.5 Å². The molecule has 1 saturated heterocycles. The summed E-state index contributed by atoms with van der Waals surface area (Å²) in [4.78, 5) is 17.5. The van der Waals surface area contributed by atoms with Gasteiger partial charge in [0, 0.05) is 32.1 Å². The predicted octanol–water partition coefficient (Wildman–Crippen LogP) is 1.42. The number of pyridine rings is 1. The summed E-state index contributed by atoms with van der Waals surface area (Å²) in [6.07, 6.45) is 3.12. The second-order valence-corrected chi connectivity index (χ2v) is 9.33. The maximum Gasteiger partial charge on any atom is 0.328 e. The molecule has 28 heavy (non-hydrogen) atoms. The minimum atomic E-state index is -3.65. The number of hydrogen-bond donors (Lipinski definition) is 1. The van der Waals surface area contributed by atoms with Gasteiger partial charge >= 0.3 is 5.69 Å². The molecule has 4 rings (SSSR count). The molecule has 0 radical (unpaired) electrons. The summed E-state index contributed by atoms with van der Waals surface area (Å²) in [6.45, 7) is 5.45. The molecular weight excluding hydrogens is 378 g/mol. The molecule has 8 nitrogen and oxygen atoms in total. The number of rotatable bonds is 3. The molecule has 150 valence electrons. The standard InChI is InChI=1S/C19H25N5O3S/c1-12-8-15-16(9-13(12)2)21-10-17-18(15)24(19(25)22(17)3)11-14-4-6-23(7-5-14)28(20,26)27/h8-10,14H,4-7,11H2,1-3H3,(H2,20,26,27). The van der Waals surface area contributed by atoms with Crippen LogP contribution in [0, 0.1) is 19.8 Å². The number of nitrogens with two attached hydrogens (primary N) is 1. The molecule has 1 aliphatic rings. The van der Waals surface area contributed by atoms with Crippen molar-refractivity contribution < 1.29 is 8.42 Å². The zero-order valence-corrected chi connectivity index (χ0v) is 17.2. The number of imidazole rings is 1. The van der Waals surface area contributed by atoms with Crippen molar-refractivity contribution in [2.75, 3.05) is 13.1 Å². The van der Waals surface area contributed by atoms with Crippen LogP contribution >= 0.6 is 0 Å². The summed E-state index contributed by atoms with van der Waals surface area (Å²) in [5.41, 5.74) is 4.83. The van der Waals surface area contributed by atoms with Gasteiger partial charge in [-0.2, -0.15) is 12.7 Å². The van der Waals surface area contributed by atoms with E-state index in [1.54, 1.807) is 17.8 Å². The zero-order chi connectivity index (χ0) is 20.2. The van der Waals surface area contributed by atoms with Gasteiger partial charge in [0.15, 0.2) is 0 Å². The van der Waals surface area contributed by atoms with Crippen LogP contribution in [0.4, 0.5) is 0 Å². The first-order valence-corrected chi connectivity index (χ1v) is 10.9. The Balaban J connectivity index is 1.77. The van der Waals surface area contributed by atoms with Crippen molar-refractivity contribution in [3.8, 4) is 0 Å². The molecule has 0 bridgehead atoms. The Morgan fingerprint density at radius 3 is 2.46 bits per heavy atom. The molecule has 9 heteroatoms. The summed E-state index contributed by atoms with van der Waals surface area (Å²) >= 11 is 0. The van der Waals surface area contributed by atoms with Gasteiger partial charge in [0.25, 0.3) is 10.2 Å². The second-order valence-electron chi connectivity index (χ2n) is 7.79. The van der Waals surface area contributed by atoms with E-state index in [4.69, 9.17) is 5.14 Å². The third kappa shape index (κ3) is 3.13. The van der Waals surface area contributed by atoms with E-state index in [1.807, 2.05) is 4.57 Å². The van der Waals surface area contributed by atoms with Gasteiger partial charge in [-0.1, -0.05) is 0 Å². The Kier molecular flexibility index (Phi) is 4.56. The van der Waals surface area contributed by atoms with Crippen molar-refractivity contribution in [1.82, 2.24) is 18.4 Å². The smallest absolute Gasteiger partial charge is 0.293 e. The highest BCUT2D eigenvalue weighted by molar-refractivity contribution is 7.86. The largest absolute Gasteiger partial charge is 0.328 e. The molecule has 3 heterocycles. The summed E-state index contributed by atoms with van der Waals surface area (Å²) in [5, 5.41) is 6.20. The SMILES string of the molecule is Cc1cc2ncc3c(c2cc1C)n(CC1CCN(S(N)(=O)=O)CC1)c(=O)n3C. The first-order chi connectivity index (χ1) is 13.2. The average molecular weight is 404 g/mol. The molecule has 0 atom stereocenters. The Bertz CT molecular complexity index is 1230. The highest BCUT2D eigenvalue weighted by Gasteiger charge is 2.27. The van der Waals surface area contributed by atoms with Crippen molar-refractivity contribution in [3.05, 3.63) is 39.9 Å².